The topological polar surface area (TPSA) is 52.6 Å². The van der Waals surface area contributed by atoms with Gasteiger partial charge in [0.25, 0.3) is 0 Å². The van der Waals surface area contributed by atoms with Crippen LogP contribution in [-0.2, 0) is 4.79 Å². The van der Waals surface area contributed by atoms with Gasteiger partial charge in [0, 0.05) is 35.1 Å². The van der Waals surface area contributed by atoms with Gasteiger partial charge in [-0.25, -0.2) is 0 Å². The zero-order valence-corrected chi connectivity index (χ0v) is 10.9. The molecular weight excluding hydrogens is 207 g/mol. The maximum Gasteiger partial charge on any atom is 0.225 e. The number of methoxy groups -OCH3 is 2. The first kappa shape index (κ1) is 14.2. The Morgan fingerprint density at radius 3 is 2.27 bits per heavy atom. The van der Waals surface area contributed by atoms with E-state index in [0.717, 1.165) is 0 Å². The van der Waals surface area contributed by atoms with Gasteiger partial charge in [0.1, 0.15) is 0 Å². The van der Waals surface area contributed by atoms with Gasteiger partial charge < -0.3 is 9.47 Å². The van der Waals surface area contributed by atoms with Gasteiger partial charge in [-0.1, -0.05) is 0 Å². The van der Waals surface area contributed by atoms with Crippen LogP contribution >= 0.6 is 0 Å². The van der Waals surface area contributed by atoms with E-state index in [9.17, 15) is 9.59 Å². The van der Waals surface area contributed by atoms with Crippen molar-refractivity contribution in [3.63, 3.8) is 0 Å². The number of aldehydes is 1. The van der Waals surface area contributed by atoms with Crippen molar-refractivity contribution in [2.24, 2.45) is 0 Å². The Hall–Kier alpha value is -0.840. The summed E-state index contributed by atoms with van der Waals surface area (Å²) in [7, 11) is 2.96. The molecule has 1 radical (unpaired) electrons. The third kappa shape index (κ3) is 3.34. The van der Waals surface area contributed by atoms with Crippen LogP contribution in [0.5, 0.6) is 11.5 Å². The van der Waals surface area contributed by atoms with Crippen molar-refractivity contribution in [3.05, 3.63) is 23.8 Å². The number of ketones is 1. The SMILES string of the molecule is COc1ccc(C(=O)C=O)cc1OC.[Na]. The van der Waals surface area contributed by atoms with E-state index < -0.39 is 5.78 Å². The summed E-state index contributed by atoms with van der Waals surface area (Å²) in [5.41, 5.74) is 0.289. The van der Waals surface area contributed by atoms with Crippen LogP contribution in [0.4, 0.5) is 0 Å². The fourth-order valence-electron chi connectivity index (χ4n) is 1.06. The van der Waals surface area contributed by atoms with E-state index in [4.69, 9.17) is 9.47 Å². The number of benzene rings is 1. The van der Waals surface area contributed by atoms with Gasteiger partial charge in [-0.3, -0.25) is 9.59 Å². The number of carbonyl (C=O) groups excluding carboxylic acids is 2. The van der Waals surface area contributed by atoms with Crippen molar-refractivity contribution < 1.29 is 19.1 Å². The Kier molecular flexibility index (Phi) is 6.24. The van der Waals surface area contributed by atoms with E-state index in [2.05, 4.69) is 0 Å². The van der Waals surface area contributed by atoms with Crippen molar-refractivity contribution in [1.29, 1.82) is 0 Å². The van der Waals surface area contributed by atoms with Crippen LogP contribution in [0.3, 0.4) is 0 Å². The second-order valence-corrected chi connectivity index (χ2v) is 2.55. The minimum absolute atomic E-state index is 0. The molecule has 0 saturated carbocycles. The summed E-state index contributed by atoms with van der Waals surface area (Å²) >= 11 is 0. The zero-order chi connectivity index (χ0) is 10.6. The summed E-state index contributed by atoms with van der Waals surface area (Å²) in [6.07, 6.45) is 0.265. The average Bonchev–Trinajstić information content (AvgIpc) is 2.26. The molecule has 5 heteroatoms. The van der Waals surface area contributed by atoms with Crippen molar-refractivity contribution in [2.75, 3.05) is 14.2 Å². The zero-order valence-electron chi connectivity index (χ0n) is 8.94. The van der Waals surface area contributed by atoms with Crippen LogP contribution < -0.4 is 9.47 Å². The molecule has 0 spiro atoms. The Labute approximate surface area is 110 Å². The number of carbonyl (C=O) groups is 2. The van der Waals surface area contributed by atoms with Crippen LogP contribution in [0.1, 0.15) is 10.4 Å². The van der Waals surface area contributed by atoms with Gasteiger partial charge in [0.15, 0.2) is 17.8 Å². The molecule has 0 N–H and O–H groups in total. The molecule has 1 aromatic rings. The molecule has 0 aliphatic rings. The smallest absolute Gasteiger partial charge is 0.225 e. The molecule has 0 unspecified atom stereocenters. The standard InChI is InChI=1S/C10H10O4.Na/c1-13-9-4-3-7(8(12)6-11)5-10(9)14-2;/h3-6H,1-2H3;. The van der Waals surface area contributed by atoms with Crippen LogP contribution in [-0.4, -0.2) is 55.8 Å². The Bertz CT molecular complexity index is 362. The first-order valence-electron chi connectivity index (χ1n) is 3.94. The maximum atomic E-state index is 11.0. The molecule has 0 aromatic heterocycles. The molecule has 1 aromatic carbocycles. The van der Waals surface area contributed by atoms with Gasteiger partial charge in [0.2, 0.25) is 5.78 Å². The number of hydrogen-bond acceptors (Lipinski definition) is 4. The average molecular weight is 217 g/mol. The molecule has 4 nitrogen and oxygen atoms in total. The fraction of sp³-hybridized carbons (Fsp3) is 0.200. The predicted octanol–water partition coefficient (Wildman–Crippen LogP) is 0.705. The molecule has 1 rings (SSSR count). The van der Waals surface area contributed by atoms with Crippen LogP contribution in [0.2, 0.25) is 0 Å². The molecule has 0 aliphatic carbocycles. The third-order valence-electron chi connectivity index (χ3n) is 1.78. The number of rotatable bonds is 4. The van der Waals surface area contributed by atoms with Crippen molar-refractivity contribution in [2.45, 2.75) is 0 Å². The minimum atomic E-state index is -0.578. The van der Waals surface area contributed by atoms with Crippen molar-refractivity contribution >= 4 is 41.6 Å². The van der Waals surface area contributed by atoms with E-state index in [1.165, 1.54) is 26.4 Å². The van der Waals surface area contributed by atoms with Gasteiger partial charge in [0.05, 0.1) is 14.2 Å². The molecule has 0 bridgehead atoms. The summed E-state index contributed by atoms with van der Waals surface area (Å²) in [6.45, 7) is 0. The Morgan fingerprint density at radius 1 is 1.20 bits per heavy atom. The molecular formula is C10H10NaO4. The minimum Gasteiger partial charge on any atom is -0.493 e. The maximum absolute atomic E-state index is 11.0. The summed E-state index contributed by atoms with van der Waals surface area (Å²) < 4.78 is 9.96. The Morgan fingerprint density at radius 2 is 1.80 bits per heavy atom. The van der Waals surface area contributed by atoms with E-state index in [0.29, 0.717) is 11.5 Å². The Balaban J connectivity index is 0.00000196. The molecule has 0 fully saturated rings. The molecule has 0 atom stereocenters. The number of Topliss-reactive ketones (excluding diaryl/α,β-unsaturated/α-hetero) is 1. The second kappa shape index (κ2) is 6.61. The molecule has 0 aliphatic heterocycles. The number of ether oxygens (including phenoxy) is 2. The van der Waals surface area contributed by atoms with Crippen LogP contribution in [0.15, 0.2) is 18.2 Å². The second-order valence-electron chi connectivity index (χ2n) is 2.55. The monoisotopic (exact) mass is 217 g/mol. The molecule has 0 saturated heterocycles. The van der Waals surface area contributed by atoms with Gasteiger partial charge >= 0.3 is 0 Å². The third-order valence-corrected chi connectivity index (χ3v) is 1.78. The van der Waals surface area contributed by atoms with Crippen LogP contribution in [0, 0.1) is 0 Å². The van der Waals surface area contributed by atoms with E-state index >= 15 is 0 Å². The quantitative estimate of drug-likeness (QED) is 0.322. The summed E-state index contributed by atoms with van der Waals surface area (Å²) in [5, 5.41) is 0. The van der Waals surface area contributed by atoms with Gasteiger partial charge in [-0.05, 0) is 18.2 Å². The summed E-state index contributed by atoms with van der Waals surface area (Å²) in [5.74, 6) is 0.376. The first-order valence-corrected chi connectivity index (χ1v) is 3.94. The normalized spacial score (nSPS) is 8.67. The predicted molar refractivity (Wildman–Crippen MR) is 55.7 cm³/mol. The van der Waals surface area contributed by atoms with Crippen molar-refractivity contribution in [1.82, 2.24) is 0 Å². The largest absolute Gasteiger partial charge is 0.493 e. The molecule has 15 heavy (non-hydrogen) atoms. The van der Waals surface area contributed by atoms with Crippen LogP contribution in [0.25, 0.3) is 0 Å². The van der Waals surface area contributed by atoms with E-state index in [1.807, 2.05) is 0 Å². The fourth-order valence-corrected chi connectivity index (χ4v) is 1.06. The molecule has 75 valence electrons. The molecule has 0 amide bonds. The summed E-state index contributed by atoms with van der Waals surface area (Å²) in [4.78, 5) is 21.3. The van der Waals surface area contributed by atoms with Gasteiger partial charge in [-0.2, -0.15) is 0 Å². The van der Waals surface area contributed by atoms with E-state index in [-0.39, 0.29) is 41.4 Å². The first-order chi connectivity index (χ1) is 6.72. The van der Waals surface area contributed by atoms with E-state index in [1.54, 1.807) is 6.07 Å². The van der Waals surface area contributed by atoms with Crippen molar-refractivity contribution in [3.8, 4) is 11.5 Å². The van der Waals surface area contributed by atoms with Gasteiger partial charge in [-0.15, -0.1) is 0 Å². The molecule has 0 heterocycles. The number of hydrogen-bond donors (Lipinski definition) is 0. The summed E-state index contributed by atoms with van der Waals surface area (Å²) in [6, 6.07) is 4.56.